The maximum absolute atomic E-state index is 13.1. The van der Waals surface area contributed by atoms with E-state index in [9.17, 15) is 9.59 Å². The van der Waals surface area contributed by atoms with Crippen LogP contribution in [0.1, 0.15) is 22.3 Å². The molecule has 0 aliphatic rings. The van der Waals surface area contributed by atoms with Crippen LogP contribution >= 0.6 is 23.2 Å². The van der Waals surface area contributed by atoms with E-state index in [4.69, 9.17) is 33.1 Å². The number of fused-ring (bicyclic) bond motifs is 1. The first-order chi connectivity index (χ1) is 19.9. The van der Waals surface area contributed by atoms with Gasteiger partial charge in [-0.25, -0.2) is 10.5 Å². The summed E-state index contributed by atoms with van der Waals surface area (Å²) in [5, 5.41) is 15.6. The van der Waals surface area contributed by atoms with Crippen LogP contribution in [-0.2, 0) is 11.3 Å². The Labute approximate surface area is 245 Å². The third-order valence-corrected chi connectivity index (χ3v) is 6.84. The molecule has 9 nitrogen and oxygen atoms in total. The zero-order chi connectivity index (χ0) is 28.8. The molecule has 4 aromatic carbocycles. The van der Waals surface area contributed by atoms with Crippen molar-refractivity contribution in [3.05, 3.63) is 106 Å². The summed E-state index contributed by atoms with van der Waals surface area (Å²) in [6.07, 6.45) is 0.0348. The molecular weight excluding hydrogens is 565 g/mol. The summed E-state index contributed by atoms with van der Waals surface area (Å²) in [6.45, 7) is 0.586. The summed E-state index contributed by atoms with van der Waals surface area (Å²) in [7, 11) is 0. The molecule has 1 aromatic heterocycles. The van der Waals surface area contributed by atoms with Crippen LogP contribution in [0.25, 0.3) is 22.4 Å². The maximum atomic E-state index is 13.1. The van der Waals surface area contributed by atoms with Crippen LogP contribution in [-0.4, -0.2) is 33.6 Å². The van der Waals surface area contributed by atoms with Crippen molar-refractivity contribution in [1.82, 2.24) is 15.4 Å². The van der Waals surface area contributed by atoms with E-state index >= 15 is 0 Å². The van der Waals surface area contributed by atoms with E-state index in [1.54, 1.807) is 47.9 Å². The topological polar surface area (TPSA) is 128 Å². The van der Waals surface area contributed by atoms with Crippen molar-refractivity contribution < 1.29 is 19.5 Å². The maximum Gasteiger partial charge on any atom is 0.257 e. The number of anilines is 2. The molecule has 5 N–H and O–H groups in total. The predicted octanol–water partition coefficient (Wildman–Crippen LogP) is 6.68. The minimum atomic E-state index is -0.520. The zero-order valence-electron chi connectivity index (χ0n) is 21.6. The van der Waals surface area contributed by atoms with E-state index in [0.717, 1.165) is 22.3 Å². The Morgan fingerprint density at radius 2 is 1.76 bits per heavy atom. The van der Waals surface area contributed by atoms with Gasteiger partial charge in [-0.2, -0.15) is 0 Å². The van der Waals surface area contributed by atoms with Gasteiger partial charge in [-0.05, 0) is 60.2 Å². The van der Waals surface area contributed by atoms with E-state index in [2.05, 4.69) is 20.6 Å². The van der Waals surface area contributed by atoms with E-state index in [1.165, 1.54) is 0 Å². The Kier molecular flexibility index (Phi) is 8.69. The molecule has 208 valence electrons. The van der Waals surface area contributed by atoms with Crippen LogP contribution in [0, 0.1) is 0 Å². The van der Waals surface area contributed by atoms with Crippen LogP contribution in [0.2, 0.25) is 10.0 Å². The molecule has 0 spiro atoms. The number of benzene rings is 4. The number of carbonyl (C=O) groups excluding carboxylic acids is 2. The van der Waals surface area contributed by atoms with Gasteiger partial charge in [-0.1, -0.05) is 47.5 Å². The fourth-order valence-corrected chi connectivity index (χ4v) is 4.63. The number of carbonyl (C=O) groups is 2. The number of para-hydroxylation sites is 2. The van der Waals surface area contributed by atoms with Gasteiger partial charge in [0.05, 0.1) is 39.7 Å². The number of hydroxylamine groups is 1. The fourth-order valence-electron chi connectivity index (χ4n) is 4.13. The molecule has 1 heterocycles. The van der Waals surface area contributed by atoms with Crippen LogP contribution in [0.3, 0.4) is 0 Å². The second-order valence-corrected chi connectivity index (χ2v) is 9.89. The van der Waals surface area contributed by atoms with Crippen molar-refractivity contribution in [3.8, 4) is 17.1 Å². The zero-order valence-corrected chi connectivity index (χ0v) is 23.1. The van der Waals surface area contributed by atoms with Crippen molar-refractivity contribution in [3.63, 3.8) is 0 Å². The molecule has 0 aliphatic heterocycles. The number of hydrogen-bond acceptors (Lipinski definition) is 6. The quantitative estimate of drug-likeness (QED) is 0.0913. The number of aromatic amines is 1. The normalized spacial score (nSPS) is 10.8. The third-order valence-electron chi connectivity index (χ3n) is 6.20. The van der Waals surface area contributed by atoms with Crippen LogP contribution in [0.4, 0.5) is 11.4 Å². The number of hydrogen-bond donors (Lipinski definition) is 5. The van der Waals surface area contributed by atoms with Gasteiger partial charge < -0.3 is 20.4 Å². The number of rotatable bonds is 10. The second-order valence-electron chi connectivity index (χ2n) is 9.08. The molecule has 41 heavy (non-hydrogen) atoms. The summed E-state index contributed by atoms with van der Waals surface area (Å²) in [5.41, 5.74) is 6.50. The lowest BCUT2D eigenvalue weighted by molar-refractivity contribution is -0.129. The molecular formula is C30H25Cl2N5O4. The molecule has 0 radical (unpaired) electrons. The van der Waals surface area contributed by atoms with Gasteiger partial charge in [0.15, 0.2) is 0 Å². The van der Waals surface area contributed by atoms with E-state index in [1.807, 2.05) is 42.5 Å². The standard InChI is InChI=1S/C30H25Cl2N5O4/c31-24-11-9-20(16-23(24)29-35-26-6-1-2-7-27(26)36-29)34-30(39)22-10-8-18(14-25(22)32)17-33-19-4-3-5-21(15-19)41-13-12-28(38)37-40/h1-11,14-16,33,40H,12-13,17H2,(H,34,39)(H,35,36)(H,37,38). The molecule has 5 rings (SSSR count). The Bertz CT molecular complexity index is 1690. The number of aromatic nitrogens is 2. The van der Waals surface area contributed by atoms with Crippen molar-refractivity contribution in [2.75, 3.05) is 17.2 Å². The molecule has 11 heteroatoms. The first-order valence-corrected chi connectivity index (χ1v) is 13.4. The summed E-state index contributed by atoms with van der Waals surface area (Å²) in [4.78, 5) is 32.0. The van der Waals surface area contributed by atoms with Gasteiger partial charge in [-0.3, -0.25) is 14.8 Å². The van der Waals surface area contributed by atoms with Gasteiger partial charge in [-0.15, -0.1) is 0 Å². The molecule has 0 atom stereocenters. The number of halogens is 2. The highest BCUT2D eigenvalue weighted by atomic mass is 35.5. The van der Waals surface area contributed by atoms with Crippen molar-refractivity contribution >= 4 is 57.4 Å². The lowest BCUT2D eigenvalue weighted by atomic mass is 10.1. The third kappa shape index (κ3) is 6.96. The van der Waals surface area contributed by atoms with Gasteiger partial charge in [0.2, 0.25) is 5.91 Å². The molecule has 0 saturated heterocycles. The average molecular weight is 590 g/mol. The van der Waals surface area contributed by atoms with Gasteiger partial charge in [0, 0.05) is 29.5 Å². The highest BCUT2D eigenvalue weighted by Crippen LogP contribution is 2.31. The monoisotopic (exact) mass is 589 g/mol. The average Bonchev–Trinajstić information content (AvgIpc) is 3.41. The highest BCUT2D eigenvalue weighted by molar-refractivity contribution is 6.35. The van der Waals surface area contributed by atoms with E-state index in [-0.39, 0.29) is 18.9 Å². The predicted molar refractivity (Wildman–Crippen MR) is 160 cm³/mol. The highest BCUT2D eigenvalue weighted by Gasteiger charge is 2.14. The smallest absolute Gasteiger partial charge is 0.257 e. The van der Waals surface area contributed by atoms with E-state index < -0.39 is 5.91 Å². The fraction of sp³-hybridized carbons (Fsp3) is 0.100. The molecule has 2 amide bonds. The molecule has 0 aliphatic carbocycles. The van der Waals surface area contributed by atoms with Crippen LogP contribution in [0.5, 0.6) is 5.75 Å². The lowest BCUT2D eigenvalue weighted by Gasteiger charge is -2.12. The summed E-state index contributed by atoms with van der Waals surface area (Å²) in [6, 6.07) is 25.4. The first-order valence-electron chi connectivity index (χ1n) is 12.6. The molecule has 5 aromatic rings. The van der Waals surface area contributed by atoms with Crippen LogP contribution in [0.15, 0.2) is 84.9 Å². The SMILES string of the molecule is O=C(CCOc1cccc(NCc2ccc(C(=O)Nc3ccc(Cl)c(-c4nc5ccccc5[nH]4)c3)c(Cl)c2)c1)NO. The minimum Gasteiger partial charge on any atom is -0.493 e. The Morgan fingerprint density at radius 3 is 2.56 bits per heavy atom. The largest absolute Gasteiger partial charge is 0.493 e. The summed E-state index contributed by atoms with van der Waals surface area (Å²) in [5.74, 6) is 0.311. The Balaban J connectivity index is 1.22. The summed E-state index contributed by atoms with van der Waals surface area (Å²) >= 11 is 12.9. The number of ether oxygens (including phenoxy) is 1. The number of imidazole rings is 1. The minimum absolute atomic E-state index is 0.0348. The molecule has 0 bridgehead atoms. The Morgan fingerprint density at radius 1 is 0.902 bits per heavy atom. The molecule has 0 saturated carbocycles. The van der Waals surface area contributed by atoms with Crippen molar-refractivity contribution in [1.29, 1.82) is 0 Å². The van der Waals surface area contributed by atoms with Crippen LogP contribution < -0.4 is 20.9 Å². The van der Waals surface area contributed by atoms with Gasteiger partial charge in [0.25, 0.3) is 5.91 Å². The Hall–Kier alpha value is -4.57. The number of nitrogens with zero attached hydrogens (tertiary/aromatic N) is 1. The lowest BCUT2D eigenvalue weighted by Crippen LogP contribution is -2.20. The molecule has 0 fully saturated rings. The first kappa shape index (κ1) is 28.0. The molecule has 0 unspecified atom stereocenters. The number of nitrogens with one attached hydrogen (secondary N) is 4. The summed E-state index contributed by atoms with van der Waals surface area (Å²) < 4.78 is 5.54. The van der Waals surface area contributed by atoms with Crippen molar-refractivity contribution in [2.45, 2.75) is 13.0 Å². The van der Waals surface area contributed by atoms with Crippen molar-refractivity contribution in [2.24, 2.45) is 0 Å². The number of amides is 2. The number of H-pyrrole nitrogens is 1. The van der Waals surface area contributed by atoms with E-state index in [0.29, 0.717) is 45.0 Å². The van der Waals surface area contributed by atoms with Gasteiger partial charge in [0.1, 0.15) is 11.6 Å². The van der Waals surface area contributed by atoms with Gasteiger partial charge >= 0.3 is 0 Å². The second kappa shape index (κ2) is 12.7.